The first-order chi connectivity index (χ1) is 15.3. The number of nitrogens with one attached hydrogen (secondary N) is 2. The van der Waals surface area contributed by atoms with Crippen LogP contribution in [-0.4, -0.2) is 37.1 Å². The fraction of sp³-hybridized carbons (Fsp3) is 0.364. The molecule has 2 atom stereocenters. The Morgan fingerprint density at radius 2 is 1.22 bits per heavy atom. The number of benzene rings is 2. The molecule has 0 aliphatic heterocycles. The Morgan fingerprint density at radius 3 is 1.59 bits per heavy atom. The molecule has 0 bridgehead atoms. The molecule has 32 heavy (non-hydrogen) atoms. The zero-order valence-corrected chi connectivity index (χ0v) is 21.7. The van der Waals surface area contributed by atoms with Crippen LogP contribution in [0.1, 0.15) is 25.7 Å². The van der Waals surface area contributed by atoms with Crippen molar-refractivity contribution in [1.82, 2.24) is 10.6 Å². The van der Waals surface area contributed by atoms with E-state index in [1.54, 1.807) is 36.4 Å². The maximum Gasteiger partial charge on any atom is 0.258 e. The minimum Gasteiger partial charge on any atom is -0.482 e. The van der Waals surface area contributed by atoms with Crippen molar-refractivity contribution >= 4 is 66.9 Å². The molecule has 2 aromatic rings. The quantitative estimate of drug-likeness (QED) is 0.414. The number of hydrogen-bond acceptors (Lipinski definition) is 4. The van der Waals surface area contributed by atoms with Crippen LogP contribution >= 0.6 is 55.1 Å². The van der Waals surface area contributed by atoms with Crippen molar-refractivity contribution in [2.45, 2.75) is 37.8 Å². The summed E-state index contributed by atoms with van der Waals surface area (Å²) in [4.78, 5) is 24.9. The van der Waals surface area contributed by atoms with Crippen LogP contribution in [0.5, 0.6) is 11.5 Å². The van der Waals surface area contributed by atoms with Gasteiger partial charge in [0, 0.05) is 21.0 Å². The largest absolute Gasteiger partial charge is 0.482 e. The van der Waals surface area contributed by atoms with Gasteiger partial charge in [0.05, 0.1) is 10.0 Å². The second-order valence-corrected chi connectivity index (χ2v) is 10.0. The lowest BCUT2D eigenvalue weighted by atomic mass is 9.90. The summed E-state index contributed by atoms with van der Waals surface area (Å²) in [6.45, 7) is -0.326. The molecular weight excluding hydrogens is 587 g/mol. The van der Waals surface area contributed by atoms with Gasteiger partial charge >= 0.3 is 0 Å². The summed E-state index contributed by atoms with van der Waals surface area (Å²) in [6, 6.07) is 10.0. The minimum absolute atomic E-state index is 0.163. The maximum atomic E-state index is 12.4. The van der Waals surface area contributed by atoms with Crippen molar-refractivity contribution in [3.8, 4) is 11.5 Å². The Hall–Kier alpha value is -1.48. The third-order valence-corrected chi connectivity index (χ3v) is 6.54. The molecule has 172 valence electrons. The minimum atomic E-state index is -0.270. The van der Waals surface area contributed by atoms with E-state index in [1.807, 2.05) is 0 Å². The van der Waals surface area contributed by atoms with Crippen LogP contribution in [0.3, 0.4) is 0 Å². The molecule has 1 aliphatic rings. The highest BCUT2D eigenvalue weighted by molar-refractivity contribution is 9.10. The lowest BCUT2D eigenvalue weighted by Crippen LogP contribution is -2.54. The van der Waals surface area contributed by atoms with E-state index in [4.69, 9.17) is 32.7 Å². The molecule has 10 heteroatoms. The third kappa shape index (κ3) is 7.54. The van der Waals surface area contributed by atoms with Crippen LogP contribution in [0.15, 0.2) is 45.3 Å². The fourth-order valence-electron chi connectivity index (χ4n) is 3.44. The topological polar surface area (TPSA) is 76.7 Å². The molecule has 0 heterocycles. The first kappa shape index (κ1) is 25.1. The fourth-order valence-corrected chi connectivity index (χ4v) is 4.90. The average molecular weight is 609 g/mol. The molecule has 1 fully saturated rings. The average Bonchev–Trinajstić information content (AvgIpc) is 2.74. The zero-order valence-electron chi connectivity index (χ0n) is 17.0. The summed E-state index contributed by atoms with van der Waals surface area (Å²) < 4.78 is 12.7. The Kier molecular flexibility index (Phi) is 9.52. The maximum absolute atomic E-state index is 12.4. The van der Waals surface area contributed by atoms with Gasteiger partial charge in [0.1, 0.15) is 11.5 Å². The first-order valence-electron chi connectivity index (χ1n) is 10.1. The predicted octanol–water partition coefficient (Wildman–Crippen LogP) is 5.52. The van der Waals surface area contributed by atoms with Crippen molar-refractivity contribution in [1.29, 1.82) is 0 Å². The summed E-state index contributed by atoms with van der Waals surface area (Å²) in [5.41, 5.74) is 0. The molecule has 1 saturated carbocycles. The van der Waals surface area contributed by atoms with Gasteiger partial charge in [-0.15, -0.1) is 0 Å². The molecule has 2 amide bonds. The monoisotopic (exact) mass is 606 g/mol. The van der Waals surface area contributed by atoms with Crippen molar-refractivity contribution in [3.63, 3.8) is 0 Å². The highest BCUT2D eigenvalue weighted by atomic mass is 79.9. The van der Waals surface area contributed by atoms with Gasteiger partial charge < -0.3 is 20.1 Å². The first-order valence-corrected chi connectivity index (χ1v) is 12.4. The van der Waals surface area contributed by atoms with E-state index in [-0.39, 0.29) is 37.1 Å². The molecule has 2 unspecified atom stereocenters. The highest BCUT2D eigenvalue weighted by Gasteiger charge is 2.28. The second-order valence-electron chi connectivity index (χ2n) is 7.36. The van der Waals surface area contributed by atoms with Crippen LogP contribution in [0.4, 0.5) is 0 Å². The highest BCUT2D eigenvalue weighted by Crippen LogP contribution is 2.28. The van der Waals surface area contributed by atoms with Crippen LogP contribution in [0, 0.1) is 0 Å². The smallest absolute Gasteiger partial charge is 0.258 e. The molecule has 2 aromatic carbocycles. The van der Waals surface area contributed by atoms with E-state index in [0.717, 1.165) is 34.6 Å². The number of hydrogen-bond donors (Lipinski definition) is 2. The van der Waals surface area contributed by atoms with E-state index in [0.29, 0.717) is 21.5 Å². The number of carbonyl (C=O) groups excluding carboxylic acids is 2. The molecule has 0 spiro atoms. The van der Waals surface area contributed by atoms with E-state index < -0.39 is 0 Å². The van der Waals surface area contributed by atoms with Crippen LogP contribution in [-0.2, 0) is 9.59 Å². The predicted molar refractivity (Wildman–Crippen MR) is 132 cm³/mol. The van der Waals surface area contributed by atoms with Crippen LogP contribution < -0.4 is 20.1 Å². The van der Waals surface area contributed by atoms with Gasteiger partial charge in [-0.05, 0) is 49.2 Å². The van der Waals surface area contributed by atoms with Gasteiger partial charge in [0.2, 0.25) is 0 Å². The summed E-state index contributed by atoms with van der Waals surface area (Å²) in [7, 11) is 0. The molecular formula is C22H22Br2Cl2N2O4. The van der Waals surface area contributed by atoms with Crippen molar-refractivity contribution < 1.29 is 19.1 Å². The summed E-state index contributed by atoms with van der Waals surface area (Å²) >= 11 is 18.9. The van der Waals surface area contributed by atoms with E-state index in [9.17, 15) is 9.59 Å². The molecule has 0 aromatic heterocycles. The van der Waals surface area contributed by atoms with Crippen LogP contribution in [0.2, 0.25) is 10.0 Å². The standard InChI is InChI=1S/C22H22Br2Cl2N2O4/c23-13-5-7-19(15(25)9-13)31-11-21(29)27-17-3-1-2-4-18(17)28-22(30)12-32-20-8-6-14(24)10-16(20)26/h5-10,17-18H,1-4,11-12H2,(H,27,29)(H,28,30). The molecule has 1 aliphatic carbocycles. The summed E-state index contributed by atoms with van der Waals surface area (Å²) in [5.74, 6) is 0.325. The van der Waals surface area contributed by atoms with Gasteiger partial charge in [-0.2, -0.15) is 0 Å². The third-order valence-electron chi connectivity index (χ3n) is 4.96. The molecule has 2 N–H and O–H groups in total. The second kappa shape index (κ2) is 12.1. The van der Waals surface area contributed by atoms with Crippen LogP contribution in [0.25, 0.3) is 0 Å². The van der Waals surface area contributed by atoms with Crippen molar-refractivity contribution in [2.24, 2.45) is 0 Å². The van der Waals surface area contributed by atoms with Crippen molar-refractivity contribution in [3.05, 3.63) is 55.4 Å². The normalized spacial score (nSPS) is 18.0. The van der Waals surface area contributed by atoms with E-state index >= 15 is 0 Å². The Labute approximate surface area is 213 Å². The van der Waals surface area contributed by atoms with E-state index in [1.165, 1.54) is 0 Å². The van der Waals surface area contributed by atoms with Crippen molar-refractivity contribution in [2.75, 3.05) is 13.2 Å². The summed E-state index contributed by atoms with van der Waals surface area (Å²) in [6.07, 6.45) is 3.49. The number of ether oxygens (including phenoxy) is 2. The molecule has 0 radical (unpaired) electrons. The molecule has 0 saturated heterocycles. The molecule has 3 rings (SSSR count). The van der Waals surface area contributed by atoms with Gasteiger partial charge in [-0.25, -0.2) is 0 Å². The Morgan fingerprint density at radius 1 is 0.812 bits per heavy atom. The SMILES string of the molecule is O=C(COc1ccc(Br)cc1Cl)NC1CCCCC1NC(=O)COc1ccc(Br)cc1Cl. The summed E-state index contributed by atoms with van der Waals surface area (Å²) in [5, 5.41) is 6.77. The number of halogens is 4. The Balaban J connectivity index is 1.48. The van der Waals surface area contributed by atoms with Gasteiger partial charge in [0.15, 0.2) is 13.2 Å². The number of amides is 2. The number of carbonyl (C=O) groups is 2. The van der Waals surface area contributed by atoms with Gasteiger partial charge in [-0.1, -0.05) is 67.9 Å². The van der Waals surface area contributed by atoms with E-state index in [2.05, 4.69) is 42.5 Å². The number of rotatable bonds is 8. The lowest BCUT2D eigenvalue weighted by Gasteiger charge is -2.32. The molecule has 6 nitrogen and oxygen atoms in total. The lowest BCUT2D eigenvalue weighted by molar-refractivity contribution is -0.127. The van der Waals surface area contributed by atoms with Gasteiger partial charge in [-0.3, -0.25) is 9.59 Å². The zero-order chi connectivity index (χ0) is 23.1. The van der Waals surface area contributed by atoms with Gasteiger partial charge in [0.25, 0.3) is 11.8 Å². The Bertz CT molecular complexity index is 899.